The first-order valence-electron chi connectivity index (χ1n) is 9.27. The van der Waals surface area contributed by atoms with Crippen LogP contribution < -0.4 is 5.56 Å². The highest BCUT2D eigenvalue weighted by Crippen LogP contribution is 2.30. The third-order valence-corrected chi connectivity index (χ3v) is 6.00. The molecule has 0 bridgehead atoms. The number of nitrogens with zero attached hydrogens (tertiary/aromatic N) is 2. The molecular weight excluding hydrogens is 400 g/mol. The fraction of sp³-hybridized carbons (Fsp3) is 0.130. The van der Waals surface area contributed by atoms with Gasteiger partial charge in [-0.15, -0.1) is 11.3 Å². The zero-order chi connectivity index (χ0) is 21.3. The van der Waals surface area contributed by atoms with Crippen LogP contribution >= 0.6 is 11.3 Å². The van der Waals surface area contributed by atoms with Crippen molar-refractivity contribution >= 4 is 33.3 Å². The van der Waals surface area contributed by atoms with Crippen LogP contribution in [0.15, 0.2) is 71.8 Å². The lowest BCUT2D eigenvalue weighted by Crippen LogP contribution is -2.20. The van der Waals surface area contributed by atoms with E-state index in [-0.39, 0.29) is 16.2 Å². The molecule has 4 aromatic rings. The average Bonchev–Trinajstić information content (AvgIpc) is 3.12. The fourth-order valence-corrected chi connectivity index (χ4v) is 4.24. The van der Waals surface area contributed by atoms with Crippen LogP contribution in [0, 0.1) is 6.92 Å². The molecule has 150 valence electrons. The Kier molecular flexibility index (Phi) is 5.29. The van der Waals surface area contributed by atoms with E-state index in [0.717, 1.165) is 11.3 Å². The van der Waals surface area contributed by atoms with Gasteiger partial charge in [0.1, 0.15) is 9.71 Å². The third-order valence-electron chi connectivity index (χ3n) is 4.82. The molecule has 0 fully saturated rings. The highest BCUT2D eigenvalue weighted by Gasteiger charge is 2.29. The molecule has 2 heterocycles. The van der Waals surface area contributed by atoms with E-state index < -0.39 is 12.1 Å². The van der Waals surface area contributed by atoms with E-state index in [2.05, 4.69) is 4.98 Å². The molecule has 4 rings (SSSR count). The number of fused-ring (bicyclic) bond motifs is 1. The van der Waals surface area contributed by atoms with E-state index in [1.165, 1.54) is 10.9 Å². The first kappa shape index (κ1) is 19.7. The zero-order valence-corrected chi connectivity index (χ0v) is 17.2. The van der Waals surface area contributed by atoms with Crippen molar-refractivity contribution in [3.05, 3.63) is 98.9 Å². The minimum absolute atomic E-state index is 0.229. The molecule has 0 saturated carbocycles. The van der Waals surface area contributed by atoms with Crippen molar-refractivity contribution in [1.29, 1.82) is 0 Å². The van der Waals surface area contributed by atoms with Crippen molar-refractivity contribution in [2.45, 2.75) is 13.0 Å². The summed E-state index contributed by atoms with van der Waals surface area (Å²) >= 11 is 1.09. The van der Waals surface area contributed by atoms with Crippen molar-refractivity contribution in [1.82, 2.24) is 9.55 Å². The number of hydrogen-bond donors (Lipinski definition) is 0. The smallest absolute Gasteiger partial charge is 0.349 e. The van der Waals surface area contributed by atoms with Crippen molar-refractivity contribution in [2.24, 2.45) is 7.05 Å². The van der Waals surface area contributed by atoms with Gasteiger partial charge in [0.05, 0.1) is 11.7 Å². The van der Waals surface area contributed by atoms with Gasteiger partial charge in [0.25, 0.3) is 5.56 Å². The molecule has 0 aliphatic heterocycles. The molecule has 1 atom stereocenters. The predicted octanol–water partition coefficient (Wildman–Crippen LogP) is 4.08. The molecule has 0 saturated heterocycles. The van der Waals surface area contributed by atoms with Crippen LogP contribution in [0.2, 0.25) is 0 Å². The first-order chi connectivity index (χ1) is 14.5. The largest absolute Gasteiger partial charge is 0.445 e. The Bertz CT molecular complexity index is 1290. The van der Waals surface area contributed by atoms with Crippen LogP contribution in [0.25, 0.3) is 10.2 Å². The molecule has 0 N–H and O–H groups in total. The van der Waals surface area contributed by atoms with Crippen molar-refractivity contribution in [3.8, 4) is 0 Å². The van der Waals surface area contributed by atoms with E-state index in [9.17, 15) is 14.4 Å². The van der Waals surface area contributed by atoms with Gasteiger partial charge < -0.3 is 9.30 Å². The number of hydrogen-bond acceptors (Lipinski definition) is 6. The second-order valence-electron chi connectivity index (χ2n) is 6.82. The number of ketones is 1. The number of carbonyl (C=O) groups excluding carboxylic acids is 2. The summed E-state index contributed by atoms with van der Waals surface area (Å²) < 4.78 is 7.07. The lowest BCUT2D eigenvalue weighted by molar-refractivity contribution is 0.0284. The lowest BCUT2D eigenvalue weighted by Gasteiger charge is -2.17. The Morgan fingerprint density at radius 3 is 2.33 bits per heavy atom. The van der Waals surface area contributed by atoms with E-state index in [4.69, 9.17) is 4.74 Å². The number of esters is 1. The molecule has 0 radical (unpaired) electrons. The quantitative estimate of drug-likeness (QED) is 0.360. The molecule has 1 unspecified atom stereocenters. The van der Waals surface area contributed by atoms with Crippen LogP contribution in [-0.2, 0) is 11.8 Å². The molecule has 30 heavy (non-hydrogen) atoms. The molecule has 0 aliphatic carbocycles. The molecule has 7 heteroatoms. The summed E-state index contributed by atoms with van der Waals surface area (Å²) in [5.41, 5.74) is 1.30. The van der Waals surface area contributed by atoms with Gasteiger partial charge in [-0.05, 0) is 12.5 Å². The van der Waals surface area contributed by atoms with Gasteiger partial charge in [-0.25, -0.2) is 9.78 Å². The molecule has 0 aliphatic rings. The number of carbonyl (C=O) groups is 2. The fourth-order valence-electron chi connectivity index (χ4n) is 3.22. The summed E-state index contributed by atoms with van der Waals surface area (Å²) in [6, 6.07) is 17.6. The minimum atomic E-state index is -1.10. The van der Waals surface area contributed by atoms with E-state index in [1.54, 1.807) is 62.5 Å². The summed E-state index contributed by atoms with van der Waals surface area (Å²) in [5.74, 6) is -0.973. The number of Topliss-reactive ketones (excluding diaryl/α,β-unsaturated/α-hetero) is 1. The Hall–Kier alpha value is -3.58. The molecule has 0 spiro atoms. The minimum Gasteiger partial charge on any atom is -0.445 e. The normalized spacial score (nSPS) is 11.9. The number of benzene rings is 2. The first-order valence-corrected chi connectivity index (χ1v) is 10.1. The third kappa shape index (κ3) is 3.55. The van der Waals surface area contributed by atoms with Crippen LogP contribution in [0.3, 0.4) is 0 Å². The summed E-state index contributed by atoms with van der Waals surface area (Å²) in [6.07, 6.45) is 0.322. The van der Waals surface area contributed by atoms with E-state index in [0.29, 0.717) is 26.9 Å². The highest BCUT2D eigenvalue weighted by atomic mass is 32.1. The molecule has 2 aromatic carbocycles. The van der Waals surface area contributed by atoms with Gasteiger partial charge in [-0.3, -0.25) is 9.59 Å². The maximum absolute atomic E-state index is 13.1. The number of rotatable bonds is 5. The van der Waals surface area contributed by atoms with Gasteiger partial charge in [0.15, 0.2) is 6.10 Å². The van der Waals surface area contributed by atoms with Crippen LogP contribution in [0.1, 0.15) is 37.3 Å². The van der Waals surface area contributed by atoms with Crippen molar-refractivity contribution in [3.63, 3.8) is 0 Å². The van der Waals surface area contributed by atoms with Crippen molar-refractivity contribution < 1.29 is 14.3 Å². The lowest BCUT2D eigenvalue weighted by atomic mass is 10.00. The van der Waals surface area contributed by atoms with Crippen LogP contribution in [0.4, 0.5) is 0 Å². The summed E-state index contributed by atoms with van der Waals surface area (Å²) in [4.78, 5) is 43.6. The van der Waals surface area contributed by atoms with Gasteiger partial charge in [0.2, 0.25) is 5.78 Å². The maximum Gasteiger partial charge on any atom is 0.349 e. The Morgan fingerprint density at radius 1 is 1.03 bits per heavy atom. The second kappa shape index (κ2) is 8.04. The number of aromatic nitrogens is 2. The van der Waals surface area contributed by atoms with Crippen LogP contribution in [-0.4, -0.2) is 21.3 Å². The summed E-state index contributed by atoms with van der Waals surface area (Å²) in [7, 11) is 1.60. The number of thiophene rings is 1. The van der Waals surface area contributed by atoms with E-state index in [1.807, 2.05) is 12.1 Å². The zero-order valence-electron chi connectivity index (χ0n) is 16.4. The average molecular weight is 418 g/mol. The SMILES string of the molecule is Cc1c(C(=O)OC(C(=O)c2ccccc2)c2ccccc2)sc2ncn(C)c(=O)c12. The summed E-state index contributed by atoms with van der Waals surface area (Å²) in [5, 5.41) is 0.391. The summed E-state index contributed by atoms with van der Waals surface area (Å²) in [6.45, 7) is 1.69. The molecule has 6 nitrogen and oxygen atoms in total. The Labute approximate surface area is 176 Å². The van der Waals surface area contributed by atoms with Crippen molar-refractivity contribution in [2.75, 3.05) is 0 Å². The number of ether oxygens (including phenoxy) is 1. The van der Waals surface area contributed by atoms with Gasteiger partial charge in [-0.1, -0.05) is 60.7 Å². The Balaban J connectivity index is 1.73. The van der Waals surface area contributed by atoms with E-state index >= 15 is 0 Å². The standard InChI is InChI=1S/C23H18N2O4S/c1-14-17-21(24-13-25(2)22(17)27)30-20(14)23(28)29-19(16-11-7-4-8-12-16)18(26)15-9-5-3-6-10-15/h3-13,19H,1-2H3. The molecule has 2 aromatic heterocycles. The topological polar surface area (TPSA) is 78.3 Å². The highest BCUT2D eigenvalue weighted by molar-refractivity contribution is 7.20. The maximum atomic E-state index is 13.1. The second-order valence-corrected chi connectivity index (χ2v) is 7.82. The number of aryl methyl sites for hydroxylation is 2. The van der Waals surface area contributed by atoms with Gasteiger partial charge >= 0.3 is 5.97 Å². The molecule has 0 amide bonds. The van der Waals surface area contributed by atoms with Gasteiger partial charge in [0, 0.05) is 18.2 Å². The molecular formula is C23H18N2O4S. The predicted molar refractivity (Wildman–Crippen MR) is 115 cm³/mol. The van der Waals surface area contributed by atoms with Gasteiger partial charge in [-0.2, -0.15) is 0 Å². The van der Waals surface area contributed by atoms with Crippen LogP contribution in [0.5, 0.6) is 0 Å². The monoisotopic (exact) mass is 418 g/mol. The Morgan fingerprint density at radius 2 is 1.67 bits per heavy atom.